The van der Waals surface area contributed by atoms with Crippen LogP contribution in [0.15, 0.2) is 0 Å². The zero-order chi connectivity index (χ0) is 72.6. The monoisotopic (exact) mass is 1330 g/mol. The van der Waals surface area contributed by atoms with E-state index >= 15 is 19.2 Å². The molecule has 1 heterocycles. The van der Waals surface area contributed by atoms with Gasteiger partial charge in [0.2, 0.25) is 65.0 Å². The van der Waals surface area contributed by atoms with E-state index in [0.29, 0.717) is 13.0 Å². The number of nitrogens with zero attached hydrogens (tertiary/aromatic N) is 7. The third-order valence-corrected chi connectivity index (χ3v) is 23.4. The number of hydrogen-bond acceptors (Lipinski definition) is 13. The summed E-state index contributed by atoms with van der Waals surface area (Å²) in [5, 5.41) is 14.2. The quantitative estimate of drug-likeness (QED) is 0.109. The summed E-state index contributed by atoms with van der Waals surface area (Å²) in [5.74, 6) is -8.99. The van der Waals surface area contributed by atoms with E-state index in [4.69, 9.17) is 4.43 Å². The van der Waals surface area contributed by atoms with Crippen molar-refractivity contribution in [2.45, 2.75) is 268 Å². The average Bonchev–Trinajstić information content (AvgIpc) is 0.805. The number of carbonyl (C=O) groups is 11. The number of hydrogen-bond donors (Lipinski definition) is 5. The van der Waals surface area contributed by atoms with Crippen molar-refractivity contribution in [3.8, 4) is 0 Å². The molecule has 0 spiro atoms. The van der Waals surface area contributed by atoms with Crippen LogP contribution in [0.25, 0.3) is 0 Å². The van der Waals surface area contributed by atoms with Crippen LogP contribution in [0, 0.1) is 41.4 Å². The summed E-state index contributed by atoms with van der Waals surface area (Å²) in [7, 11) is 9.32. The lowest BCUT2D eigenvalue weighted by molar-refractivity contribution is -0.157. The molecule has 1 fully saturated rings. The van der Waals surface area contributed by atoms with Crippen molar-refractivity contribution in [1.82, 2.24) is 60.9 Å². The summed E-state index contributed by atoms with van der Waals surface area (Å²) in [6.07, 6.45) is 0.263. The standard InChI is InChI=1S/C68H128N12O12Si/c1-31-48-63(87)74(22)47(17)62(86)75(23)50(35-39(4)5)59(83)73-53(42(10)11)66(90)76(24)49(34-38(2)3)58(82)70-45(15)57(81)71-46(16)61(85)77(25)51(36-40(6)7)64(88)78(26)52(37-41(8)9)65(89)79(27)54(43(12)13)67(91)80(28)55(60(84)72-48)56(44(14)32-33-69-21)92-93(29,30)68(18,19)20/h38-56,69H,31-37H2,1-30H3,(H,70,82)(H,71,81)(H,72,84)(H,73,83). The van der Waals surface area contributed by atoms with Crippen LogP contribution in [-0.4, -0.2) is 243 Å². The molecule has 1 aliphatic rings. The first-order chi connectivity index (χ1) is 42.6. The molecule has 13 unspecified atom stereocenters. The molecule has 11 amide bonds. The van der Waals surface area contributed by atoms with E-state index in [9.17, 15) is 33.6 Å². The summed E-state index contributed by atoms with van der Waals surface area (Å²) < 4.78 is 7.28. The number of rotatable bonds is 18. The molecule has 0 aromatic heterocycles. The van der Waals surface area contributed by atoms with Gasteiger partial charge < -0.3 is 65.3 Å². The van der Waals surface area contributed by atoms with Crippen LogP contribution in [0.1, 0.15) is 177 Å². The lowest BCUT2D eigenvalue weighted by Crippen LogP contribution is -2.65. The van der Waals surface area contributed by atoms with Crippen molar-refractivity contribution in [2.24, 2.45) is 41.4 Å². The Morgan fingerprint density at radius 2 is 0.849 bits per heavy atom. The van der Waals surface area contributed by atoms with Crippen LogP contribution in [0.4, 0.5) is 0 Å². The Labute approximate surface area is 561 Å². The molecule has 1 aliphatic heterocycles. The molecule has 0 aromatic rings. The van der Waals surface area contributed by atoms with Crippen molar-refractivity contribution in [2.75, 3.05) is 62.9 Å². The van der Waals surface area contributed by atoms with E-state index in [-0.39, 0.29) is 66.7 Å². The Morgan fingerprint density at radius 1 is 0.452 bits per heavy atom. The van der Waals surface area contributed by atoms with Gasteiger partial charge in [0.05, 0.1) is 6.10 Å². The zero-order valence-electron chi connectivity index (χ0n) is 62.9. The molecule has 0 saturated carbocycles. The van der Waals surface area contributed by atoms with Gasteiger partial charge in [0, 0.05) is 49.3 Å². The average molecular weight is 1330 g/mol. The van der Waals surface area contributed by atoms with Crippen LogP contribution >= 0.6 is 0 Å². The maximum absolute atomic E-state index is 15.8. The van der Waals surface area contributed by atoms with E-state index in [1.165, 1.54) is 104 Å². The molecule has 0 aliphatic carbocycles. The number of carbonyl (C=O) groups excluding carboxylic acids is 11. The minimum atomic E-state index is -2.81. The molecule has 13 atom stereocenters. The normalized spacial score (nSPS) is 26.7. The first kappa shape index (κ1) is 85.3. The van der Waals surface area contributed by atoms with Gasteiger partial charge in [-0.05, 0) is 132 Å². The fraction of sp³-hybridized carbons (Fsp3) is 0.838. The highest BCUT2D eigenvalue weighted by atomic mass is 28.4. The van der Waals surface area contributed by atoms with Gasteiger partial charge in [-0.3, -0.25) is 52.7 Å². The topological polar surface area (TPSA) is 280 Å². The second-order valence-corrected chi connectivity index (χ2v) is 35.2. The number of likely N-dealkylation sites (N-methyl/N-ethyl adjacent to an activating group) is 7. The second kappa shape index (κ2) is 37.0. The molecular formula is C68H128N12O12Si. The van der Waals surface area contributed by atoms with Gasteiger partial charge in [-0.2, -0.15) is 0 Å². The van der Waals surface area contributed by atoms with E-state index in [1.54, 1.807) is 34.6 Å². The second-order valence-electron chi connectivity index (χ2n) is 30.4. The van der Waals surface area contributed by atoms with Crippen LogP contribution in [0.5, 0.6) is 0 Å². The summed E-state index contributed by atoms with van der Waals surface area (Å²) in [6, 6.07) is -13.3. The molecule has 0 aromatic carbocycles. The van der Waals surface area contributed by atoms with Gasteiger partial charge in [-0.1, -0.05) is 118 Å². The maximum atomic E-state index is 15.8. The minimum Gasteiger partial charge on any atom is -0.411 e. The Balaban J connectivity index is 4.60. The van der Waals surface area contributed by atoms with Gasteiger partial charge >= 0.3 is 0 Å². The molecule has 93 heavy (non-hydrogen) atoms. The van der Waals surface area contributed by atoms with Gasteiger partial charge in [0.1, 0.15) is 66.5 Å². The van der Waals surface area contributed by atoms with Crippen molar-refractivity contribution < 1.29 is 57.2 Å². The first-order valence-corrected chi connectivity index (χ1v) is 36.9. The summed E-state index contributed by atoms with van der Waals surface area (Å²) in [4.78, 5) is 173. The lowest BCUT2D eigenvalue weighted by atomic mass is 9.91. The molecule has 0 radical (unpaired) electrons. The van der Waals surface area contributed by atoms with Crippen LogP contribution < -0.4 is 26.6 Å². The molecule has 536 valence electrons. The summed E-state index contributed by atoms with van der Waals surface area (Å²) in [5.41, 5.74) is 0. The molecule has 25 heteroatoms. The highest BCUT2D eigenvalue weighted by Crippen LogP contribution is 2.40. The molecular weight excluding hydrogens is 1200 g/mol. The summed E-state index contributed by atoms with van der Waals surface area (Å²) in [6.45, 7) is 41.1. The number of nitrogens with one attached hydrogen (secondary N) is 5. The fourth-order valence-corrected chi connectivity index (χ4v) is 13.0. The highest BCUT2D eigenvalue weighted by Gasteiger charge is 2.49. The van der Waals surface area contributed by atoms with E-state index < -0.39 is 158 Å². The van der Waals surface area contributed by atoms with Crippen LogP contribution in [0.2, 0.25) is 18.1 Å². The maximum Gasteiger partial charge on any atom is 0.246 e. The van der Waals surface area contributed by atoms with Gasteiger partial charge in [0.25, 0.3) is 0 Å². The molecule has 0 bridgehead atoms. The summed E-state index contributed by atoms with van der Waals surface area (Å²) >= 11 is 0. The fourth-order valence-electron chi connectivity index (χ4n) is 11.6. The zero-order valence-corrected chi connectivity index (χ0v) is 63.9. The number of amides is 11. The highest BCUT2D eigenvalue weighted by molar-refractivity contribution is 6.74. The Morgan fingerprint density at radius 3 is 1.27 bits per heavy atom. The third-order valence-electron chi connectivity index (χ3n) is 18.9. The Hall–Kier alpha value is -5.69. The first-order valence-electron chi connectivity index (χ1n) is 34.0. The van der Waals surface area contributed by atoms with E-state index in [2.05, 4.69) is 60.4 Å². The van der Waals surface area contributed by atoms with Crippen molar-refractivity contribution in [1.29, 1.82) is 0 Å². The Kier molecular flexibility index (Phi) is 33.9. The van der Waals surface area contributed by atoms with Crippen molar-refractivity contribution in [3.05, 3.63) is 0 Å². The molecule has 1 rings (SSSR count). The van der Waals surface area contributed by atoms with Gasteiger partial charge in [0.15, 0.2) is 8.32 Å². The van der Waals surface area contributed by atoms with Crippen LogP contribution in [-0.2, 0) is 57.2 Å². The lowest BCUT2D eigenvalue weighted by Gasteiger charge is -2.46. The van der Waals surface area contributed by atoms with E-state index in [1.807, 2.05) is 69.4 Å². The molecule has 24 nitrogen and oxygen atoms in total. The SMILES string of the molecule is CCC1NC(=O)C(C(O[Si](C)(C)C(C)(C)C)C(C)CCNC)N(C)C(=O)C(C(C)C)N(C)C(=O)C(CC(C)C)N(C)C(=O)C(CC(C)C)N(C)C(=O)C(C)NC(=O)C(C)NC(=O)C(CC(C)C)N(C)C(=O)C(C(C)C)NC(=O)C(CC(C)C)N(C)C(=O)C(C)N(C)C1=O. The van der Waals surface area contributed by atoms with Crippen molar-refractivity contribution >= 4 is 73.3 Å². The van der Waals surface area contributed by atoms with Crippen molar-refractivity contribution in [3.63, 3.8) is 0 Å². The van der Waals surface area contributed by atoms with Gasteiger partial charge in [-0.15, -0.1) is 0 Å². The predicted octanol–water partition coefficient (Wildman–Crippen LogP) is 5.33. The minimum absolute atomic E-state index is 0.0562. The predicted molar refractivity (Wildman–Crippen MR) is 368 cm³/mol. The molecule has 1 saturated heterocycles. The van der Waals surface area contributed by atoms with E-state index in [0.717, 1.165) is 0 Å². The van der Waals surface area contributed by atoms with Gasteiger partial charge in [-0.25, -0.2) is 0 Å². The smallest absolute Gasteiger partial charge is 0.246 e. The largest absolute Gasteiger partial charge is 0.411 e. The molecule has 5 N–H and O–H groups in total. The van der Waals surface area contributed by atoms with Crippen LogP contribution in [0.3, 0.4) is 0 Å². The Bertz CT molecular complexity index is 2540. The third kappa shape index (κ3) is 23.3.